The maximum Gasteiger partial charge on any atom is 0.305 e. The summed E-state index contributed by atoms with van der Waals surface area (Å²) in [6, 6.07) is 15.5. The van der Waals surface area contributed by atoms with Crippen molar-refractivity contribution in [3.05, 3.63) is 71.0 Å². The van der Waals surface area contributed by atoms with E-state index in [4.69, 9.17) is 0 Å². The van der Waals surface area contributed by atoms with Gasteiger partial charge in [0.1, 0.15) is 0 Å². The van der Waals surface area contributed by atoms with Crippen molar-refractivity contribution in [1.29, 1.82) is 0 Å². The fourth-order valence-electron chi connectivity index (χ4n) is 1.65. The average molecular weight is 381 g/mol. The Morgan fingerprint density at radius 3 is 2.45 bits per heavy atom. The number of carbonyl (C=O) groups is 1. The quantitative estimate of drug-likeness (QED) is 0.425. The zero-order valence-corrected chi connectivity index (χ0v) is 14.0. The van der Waals surface area contributed by atoms with E-state index < -0.39 is 0 Å². The Balaban J connectivity index is 0.00000242. The smallest absolute Gasteiger partial charge is 0.305 e. The lowest BCUT2D eigenvalue weighted by Gasteiger charge is -1.96. The van der Waals surface area contributed by atoms with Gasteiger partial charge in [0.2, 0.25) is 6.54 Å². The summed E-state index contributed by atoms with van der Waals surface area (Å²) >= 11 is 3.39. The molecule has 0 radical (unpaired) electrons. The topological polar surface area (TPSA) is 45.3 Å². The number of benzene rings is 1. The Hall–Kier alpha value is -1.98. The molecule has 0 spiro atoms. The highest BCUT2D eigenvalue weighted by molar-refractivity contribution is 9.12. The van der Waals surface area contributed by atoms with Crippen molar-refractivity contribution in [3.63, 3.8) is 0 Å². The number of hydrogen-bond acceptors (Lipinski definition) is 2. The highest BCUT2D eigenvalue weighted by Gasteiger charge is 2.06. The number of allylic oxidation sites excluding steroid dienone is 1. The van der Waals surface area contributed by atoms with Crippen LogP contribution in [0.4, 0.5) is 0 Å². The van der Waals surface area contributed by atoms with Crippen LogP contribution in [0.3, 0.4) is 0 Å². The number of amides is 1. The summed E-state index contributed by atoms with van der Waals surface area (Å²) in [6.45, 7) is 0.234. The molecule has 0 aliphatic heterocycles. The van der Waals surface area contributed by atoms with Crippen molar-refractivity contribution >= 4 is 34.1 Å². The van der Waals surface area contributed by atoms with Crippen LogP contribution < -0.4 is 22.4 Å². The second-order valence-electron chi connectivity index (χ2n) is 4.28. The van der Waals surface area contributed by atoms with Crippen molar-refractivity contribution in [3.8, 4) is 0 Å². The molecule has 1 N–H and O–H groups in total. The van der Waals surface area contributed by atoms with Crippen molar-refractivity contribution in [1.82, 2.24) is 5.43 Å². The molecule has 0 aliphatic carbocycles. The summed E-state index contributed by atoms with van der Waals surface area (Å²) in [6.07, 6.45) is 7.13. The fourth-order valence-corrected chi connectivity index (χ4v) is 2.02. The number of rotatable bonds is 5. The lowest BCUT2D eigenvalue weighted by Crippen LogP contribution is -3.00. The third-order valence-electron chi connectivity index (χ3n) is 2.58. The maximum absolute atomic E-state index is 11.7. The summed E-state index contributed by atoms with van der Waals surface area (Å²) in [5.41, 5.74) is 3.54. The molecular formula is C16H15BrClN3O. The van der Waals surface area contributed by atoms with Crippen LogP contribution in [0.2, 0.25) is 0 Å². The van der Waals surface area contributed by atoms with E-state index >= 15 is 0 Å². The van der Waals surface area contributed by atoms with Gasteiger partial charge in [0.05, 0.1) is 6.21 Å². The van der Waals surface area contributed by atoms with Gasteiger partial charge < -0.3 is 12.4 Å². The second kappa shape index (κ2) is 9.87. The van der Waals surface area contributed by atoms with Gasteiger partial charge in [-0.25, -0.2) is 5.43 Å². The van der Waals surface area contributed by atoms with Crippen LogP contribution in [0.25, 0.3) is 6.08 Å². The molecule has 2 aromatic rings. The molecule has 1 heterocycles. The molecule has 1 aromatic heterocycles. The molecule has 0 unspecified atom stereocenters. The van der Waals surface area contributed by atoms with E-state index in [1.165, 1.54) is 0 Å². The molecule has 0 bridgehead atoms. The first-order chi connectivity index (χ1) is 10.2. The number of nitrogens with zero attached hydrogens (tertiary/aromatic N) is 2. The molecule has 114 valence electrons. The molecule has 4 nitrogen and oxygen atoms in total. The first-order valence-electron chi connectivity index (χ1n) is 6.42. The molecule has 0 fully saturated rings. The van der Waals surface area contributed by atoms with E-state index in [0.29, 0.717) is 0 Å². The summed E-state index contributed by atoms with van der Waals surface area (Å²) in [7, 11) is 0. The number of hydrazone groups is 1. The third kappa shape index (κ3) is 6.65. The molecule has 1 aromatic carbocycles. The highest BCUT2D eigenvalue weighted by atomic mass is 79.9. The standard InChI is InChI=1S/C16H14BrN3O.ClH/c17-15(11-14-7-3-1-4-8-14)12-18-19-16(21)13-20-9-5-2-6-10-20;/h1-12H,13H2;1H/b15-11+,18-12?;. The Labute approximate surface area is 144 Å². The summed E-state index contributed by atoms with van der Waals surface area (Å²) in [5, 5.41) is 3.91. The van der Waals surface area contributed by atoms with Gasteiger partial charge in [0, 0.05) is 16.6 Å². The molecule has 0 aliphatic rings. The van der Waals surface area contributed by atoms with Gasteiger partial charge in [0.25, 0.3) is 0 Å². The minimum absolute atomic E-state index is 0. The molecule has 2 rings (SSSR count). The number of hydrogen-bond donors (Lipinski definition) is 1. The number of pyridine rings is 1. The zero-order valence-electron chi connectivity index (χ0n) is 11.7. The van der Waals surface area contributed by atoms with Crippen LogP contribution in [0, 0.1) is 0 Å². The van der Waals surface area contributed by atoms with E-state index in [-0.39, 0.29) is 24.9 Å². The largest absolute Gasteiger partial charge is 1.00 e. The first-order valence-corrected chi connectivity index (χ1v) is 7.21. The number of nitrogens with one attached hydrogen (secondary N) is 1. The predicted molar refractivity (Wildman–Crippen MR) is 86.6 cm³/mol. The fraction of sp³-hybridized carbons (Fsp3) is 0.0625. The van der Waals surface area contributed by atoms with Crippen LogP contribution >= 0.6 is 15.9 Å². The predicted octanol–water partition coefficient (Wildman–Crippen LogP) is -0.484. The van der Waals surface area contributed by atoms with Crippen molar-refractivity contribution in [2.75, 3.05) is 0 Å². The molecule has 0 atom stereocenters. The van der Waals surface area contributed by atoms with Crippen LogP contribution in [-0.4, -0.2) is 12.1 Å². The summed E-state index contributed by atoms with van der Waals surface area (Å²) < 4.78 is 2.56. The van der Waals surface area contributed by atoms with Gasteiger partial charge >= 0.3 is 5.91 Å². The van der Waals surface area contributed by atoms with Gasteiger partial charge in [-0.2, -0.15) is 9.67 Å². The molecular weight excluding hydrogens is 366 g/mol. The van der Waals surface area contributed by atoms with Crippen LogP contribution in [0.1, 0.15) is 5.56 Å². The highest BCUT2D eigenvalue weighted by Crippen LogP contribution is 2.09. The number of aromatic nitrogens is 1. The number of carbonyl (C=O) groups excluding carboxylic acids is 1. The van der Waals surface area contributed by atoms with Gasteiger partial charge in [0.15, 0.2) is 12.4 Å². The van der Waals surface area contributed by atoms with Gasteiger partial charge in [-0.05, 0) is 27.6 Å². The SMILES string of the molecule is O=C(C[n+]1ccccc1)NN=C/C(Br)=C\c1ccccc1.[Cl-]. The molecule has 0 saturated heterocycles. The Morgan fingerprint density at radius 2 is 1.77 bits per heavy atom. The maximum atomic E-state index is 11.7. The van der Waals surface area contributed by atoms with E-state index in [1.807, 2.05) is 67.0 Å². The lowest BCUT2D eigenvalue weighted by atomic mass is 10.2. The van der Waals surface area contributed by atoms with Crippen LogP contribution in [0.5, 0.6) is 0 Å². The van der Waals surface area contributed by atoms with E-state index in [1.54, 1.807) is 10.8 Å². The zero-order chi connectivity index (χ0) is 14.9. The Kier molecular flexibility index (Phi) is 8.10. The van der Waals surface area contributed by atoms with Crippen LogP contribution in [-0.2, 0) is 11.3 Å². The third-order valence-corrected chi connectivity index (χ3v) is 3.02. The van der Waals surface area contributed by atoms with Crippen LogP contribution in [0.15, 0.2) is 70.5 Å². The second-order valence-corrected chi connectivity index (χ2v) is 5.20. The molecule has 6 heteroatoms. The van der Waals surface area contributed by atoms with Gasteiger partial charge in [-0.1, -0.05) is 36.4 Å². The van der Waals surface area contributed by atoms with Crippen molar-refractivity contribution < 1.29 is 21.8 Å². The lowest BCUT2D eigenvalue weighted by molar-refractivity contribution is -0.684. The first kappa shape index (κ1) is 18.1. The minimum Gasteiger partial charge on any atom is -1.00 e. The summed E-state index contributed by atoms with van der Waals surface area (Å²) in [4.78, 5) is 11.7. The van der Waals surface area contributed by atoms with Crippen molar-refractivity contribution in [2.45, 2.75) is 6.54 Å². The molecule has 0 saturated carbocycles. The van der Waals surface area contributed by atoms with E-state index in [9.17, 15) is 4.79 Å². The normalized spacial score (nSPS) is 11.0. The number of halogens is 2. The van der Waals surface area contributed by atoms with Gasteiger partial charge in [-0.3, -0.25) is 4.79 Å². The minimum atomic E-state index is -0.178. The Morgan fingerprint density at radius 1 is 1.14 bits per heavy atom. The Bertz CT molecular complexity index is 645. The average Bonchev–Trinajstić information content (AvgIpc) is 2.49. The van der Waals surface area contributed by atoms with Crippen molar-refractivity contribution in [2.24, 2.45) is 5.10 Å². The monoisotopic (exact) mass is 379 g/mol. The molecule has 22 heavy (non-hydrogen) atoms. The summed E-state index contributed by atoms with van der Waals surface area (Å²) in [5.74, 6) is -0.178. The van der Waals surface area contributed by atoms with E-state index in [2.05, 4.69) is 26.5 Å². The van der Waals surface area contributed by atoms with E-state index in [0.717, 1.165) is 10.0 Å². The van der Waals surface area contributed by atoms with Gasteiger partial charge in [-0.15, -0.1) is 0 Å². The molecule has 1 amide bonds.